The maximum atomic E-state index is 12.4. The van der Waals surface area contributed by atoms with Crippen LogP contribution in [0.4, 0.5) is 0 Å². The lowest BCUT2D eigenvalue weighted by Crippen LogP contribution is -2.45. The molecule has 1 amide bonds. The van der Waals surface area contributed by atoms with E-state index in [0.717, 1.165) is 35.7 Å². The van der Waals surface area contributed by atoms with E-state index in [4.69, 9.17) is 0 Å². The molecule has 1 aromatic carbocycles. The van der Waals surface area contributed by atoms with Gasteiger partial charge >= 0.3 is 0 Å². The minimum Gasteiger partial charge on any atom is -0.388 e. The van der Waals surface area contributed by atoms with Gasteiger partial charge in [0.05, 0.1) is 11.3 Å². The summed E-state index contributed by atoms with van der Waals surface area (Å²) in [6.45, 7) is 4.24. The largest absolute Gasteiger partial charge is 0.388 e. The van der Waals surface area contributed by atoms with Crippen molar-refractivity contribution in [2.45, 2.75) is 32.3 Å². The number of aryl methyl sites for hydroxylation is 2. The number of hydrogen-bond acceptors (Lipinski definition) is 4. The highest BCUT2D eigenvalue weighted by Crippen LogP contribution is 2.26. The van der Waals surface area contributed by atoms with E-state index < -0.39 is 5.60 Å². The molecule has 0 spiro atoms. The normalized spacial score (nSPS) is 16.8. The summed E-state index contributed by atoms with van der Waals surface area (Å²) in [5, 5.41) is 17.7. The molecule has 2 heterocycles. The van der Waals surface area contributed by atoms with Crippen LogP contribution in [0.1, 0.15) is 34.6 Å². The van der Waals surface area contributed by atoms with Gasteiger partial charge in [-0.25, -0.2) is 4.68 Å². The number of amides is 1. The Morgan fingerprint density at radius 2 is 1.96 bits per heavy atom. The fraction of sp³-hybridized carbons (Fsp3) is 0.444. The fourth-order valence-corrected chi connectivity index (χ4v) is 4.05. The molecule has 0 atom stereocenters. The number of aromatic nitrogens is 2. The lowest BCUT2D eigenvalue weighted by atomic mass is 9.97. The number of nitrogens with zero attached hydrogens (tertiary/aromatic N) is 2. The molecule has 24 heavy (non-hydrogen) atoms. The molecule has 0 bridgehead atoms. The van der Waals surface area contributed by atoms with Crippen molar-refractivity contribution < 1.29 is 9.90 Å². The lowest BCUT2D eigenvalue weighted by molar-refractivity contribution is 0.0310. The third-order valence-corrected chi connectivity index (χ3v) is 5.39. The minimum absolute atomic E-state index is 0.240. The van der Waals surface area contributed by atoms with Crippen molar-refractivity contribution in [3.8, 4) is 5.69 Å². The average molecular weight is 345 g/mol. The molecule has 1 aromatic heterocycles. The monoisotopic (exact) mass is 345 g/mol. The second kappa shape index (κ2) is 6.99. The van der Waals surface area contributed by atoms with Gasteiger partial charge in [0, 0.05) is 12.2 Å². The summed E-state index contributed by atoms with van der Waals surface area (Å²) >= 11 is 1.84. The van der Waals surface area contributed by atoms with Gasteiger partial charge in [-0.1, -0.05) is 17.7 Å². The van der Waals surface area contributed by atoms with Crippen LogP contribution in [0.5, 0.6) is 0 Å². The van der Waals surface area contributed by atoms with E-state index in [2.05, 4.69) is 10.4 Å². The van der Waals surface area contributed by atoms with Crippen LogP contribution in [0.3, 0.4) is 0 Å². The van der Waals surface area contributed by atoms with E-state index in [1.54, 1.807) is 10.7 Å². The number of thioether (sulfide) groups is 1. The van der Waals surface area contributed by atoms with Gasteiger partial charge in [0.2, 0.25) is 0 Å². The molecule has 128 valence electrons. The molecular formula is C18H23N3O2S. The highest BCUT2D eigenvalue weighted by atomic mass is 32.2. The molecule has 5 nitrogen and oxygen atoms in total. The zero-order chi connectivity index (χ0) is 17.2. The van der Waals surface area contributed by atoms with Gasteiger partial charge in [-0.05, 0) is 56.4 Å². The summed E-state index contributed by atoms with van der Waals surface area (Å²) in [6, 6.07) is 9.79. The quantitative estimate of drug-likeness (QED) is 0.893. The van der Waals surface area contributed by atoms with Gasteiger partial charge in [0.25, 0.3) is 5.91 Å². The Kier molecular flexibility index (Phi) is 4.96. The topological polar surface area (TPSA) is 67.2 Å². The molecular weight excluding hydrogens is 322 g/mol. The van der Waals surface area contributed by atoms with Crippen LogP contribution in [0.25, 0.3) is 5.69 Å². The van der Waals surface area contributed by atoms with Gasteiger partial charge < -0.3 is 10.4 Å². The Labute approximate surface area is 146 Å². The molecule has 2 aromatic rings. The summed E-state index contributed by atoms with van der Waals surface area (Å²) in [5.74, 6) is 1.64. The van der Waals surface area contributed by atoms with Crippen molar-refractivity contribution in [1.29, 1.82) is 0 Å². The summed E-state index contributed by atoms with van der Waals surface area (Å²) in [4.78, 5) is 12.4. The van der Waals surface area contributed by atoms with Crippen LogP contribution in [0, 0.1) is 13.8 Å². The van der Waals surface area contributed by atoms with Gasteiger partial charge in [0.1, 0.15) is 0 Å². The van der Waals surface area contributed by atoms with Crippen LogP contribution >= 0.6 is 11.8 Å². The standard InChI is InChI=1S/C18H23N3O2S/c1-13-3-5-15(6-4-13)21-14(2)11-16(20-21)17(22)19-12-18(23)7-9-24-10-8-18/h3-6,11,23H,7-10,12H2,1-2H3,(H,19,22). The number of carbonyl (C=O) groups is 1. The zero-order valence-electron chi connectivity index (χ0n) is 14.1. The number of aliphatic hydroxyl groups is 1. The minimum atomic E-state index is -0.782. The van der Waals surface area contributed by atoms with E-state index in [0.29, 0.717) is 5.69 Å². The van der Waals surface area contributed by atoms with Crippen molar-refractivity contribution in [3.05, 3.63) is 47.3 Å². The molecule has 3 rings (SSSR count). The smallest absolute Gasteiger partial charge is 0.271 e. The summed E-state index contributed by atoms with van der Waals surface area (Å²) < 4.78 is 1.76. The highest BCUT2D eigenvalue weighted by Gasteiger charge is 2.30. The van der Waals surface area contributed by atoms with E-state index in [1.807, 2.05) is 49.9 Å². The van der Waals surface area contributed by atoms with Crippen LogP contribution < -0.4 is 5.32 Å². The Bertz CT molecular complexity index is 718. The predicted octanol–water partition coefficient (Wildman–Crippen LogP) is 2.48. The van der Waals surface area contributed by atoms with Crippen molar-refractivity contribution in [2.24, 2.45) is 0 Å². The molecule has 0 saturated carbocycles. The van der Waals surface area contributed by atoms with Crippen LogP contribution in [0.15, 0.2) is 30.3 Å². The number of carbonyl (C=O) groups excluding carboxylic acids is 1. The third kappa shape index (κ3) is 3.82. The molecule has 2 N–H and O–H groups in total. The van der Waals surface area contributed by atoms with E-state index in [1.165, 1.54) is 5.56 Å². The van der Waals surface area contributed by atoms with Gasteiger partial charge in [0.15, 0.2) is 5.69 Å². The second-order valence-electron chi connectivity index (χ2n) is 6.44. The van der Waals surface area contributed by atoms with Gasteiger partial charge in [-0.3, -0.25) is 4.79 Å². The van der Waals surface area contributed by atoms with Gasteiger partial charge in [-0.2, -0.15) is 16.9 Å². The average Bonchev–Trinajstić information content (AvgIpc) is 2.96. The molecule has 0 unspecified atom stereocenters. The Morgan fingerprint density at radius 1 is 1.29 bits per heavy atom. The van der Waals surface area contributed by atoms with Crippen molar-refractivity contribution >= 4 is 17.7 Å². The Morgan fingerprint density at radius 3 is 2.62 bits per heavy atom. The Hall–Kier alpha value is -1.79. The lowest BCUT2D eigenvalue weighted by Gasteiger charge is -2.31. The molecule has 1 aliphatic rings. The molecule has 1 fully saturated rings. The summed E-state index contributed by atoms with van der Waals surface area (Å²) in [5.41, 5.74) is 2.61. The van der Waals surface area contributed by atoms with Crippen molar-refractivity contribution in [1.82, 2.24) is 15.1 Å². The number of nitrogens with one attached hydrogen (secondary N) is 1. The third-order valence-electron chi connectivity index (χ3n) is 4.40. The molecule has 6 heteroatoms. The molecule has 1 aliphatic heterocycles. The fourth-order valence-electron chi connectivity index (χ4n) is 2.80. The van der Waals surface area contributed by atoms with E-state index in [-0.39, 0.29) is 12.5 Å². The predicted molar refractivity (Wildman–Crippen MR) is 96.9 cm³/mol. The maximum absolute atomic E-state index is 12.4. The number of benzene rings is 1. The van der Waals surface area contributed by atoms with Crippen LogP contribution in [-0.2, 0) is 0 Å². The number of rotatable bonds is 4. The van der Waals surface area contributed by atoms with E-state index >= 15 is 0 Å². The maximum Gasteiger partial charge on any atom is 0.271 e. The first-order chi connectivity index (χ1) is 11.5. The van der Waals surface area contributed by atoms with Crippen LogP contribution in [0.2, 0.25) is 0 Å². The first-order valence-corrected chi connectivity index (χ1v) is 9.34. The molecule has 0 aliphatic carbocycles. The SMILES string of the molecule is Cc1ccc(-n2nc(C(=O)NCC3(O)CCSCC3)cc2C)cc1. The molecule has 0 radical (unpaired) electrons. The second-order valence-corrected chi connectivity index (χ2v) is 7.66. The zero-order valence-corrected chi connectivity index (χ0v) is 14.9. The van der Waals surface area contributed by atoms with Gasteiger partial charge in [-0.15, -0.1) is 0 Å². The molecule has 1 saturated heterocycles. The summed E-state index contributed by atoms with van der Waals surface area (Å²) in [7, 11) is 0. The summed E-state index contributed by atoms with van der Waals surface area (Å²) in [6.07, 6.45) is 1.43. The highest BCUT2D eigenvalue weighted by molar-refractivity contribution is 7.99. The Balaban J connectivity index is 1.69. The van der Waals surface area contributed by atoms with Crippen molar-refractivity contribution in [3.63, 3.8) is 0 Å². The van der Waals surface area contributed by atoms with E-state index in [9.17, 15) is 9.90 Å². The first-order valence-electron chi connectivity index (χ1n) is 8.19. The van der Waals surface area contributed by atoms with Crippen molar-refractivity contribution in [2.75, 3.05) is 18.1 Å². The first kappa shape index (κ1) is 17.0. The number of hydrogen-bond donors (Lipinski definition) is 2. The van der Waals surface area contributed by atoms with Crippen LogP contribution in [-0.4, -0.2) is 44.4 Å².